The van der Waals surface area contributed by atoms with Gasteiger partial charge in [-0.1, -0.05) is 30.4 Å². The van der Waals surface area contributed by atoms with E-state index in [9.17, 15) is 19.1 Å². The minimum absolute atomic E-state index is 0.0558. The van der Waals surface area contributed by atoms with E-state index in [4.69, 9.17) is 12.2 Å². The number of thiocarbonyl (C=S) groups is 1. The lowest BCUT2D eigenvalue weighted by molar-refractivity contribution is -0.116. The summed E-state index contributed by atoms with van der Waals surface area (Å²) < 4.78 is 13.8. The molecule has 1 aromatic heterocycles. The number of ketones is 1. The fraction of sp³-hybridized carbons (Fsp3) is 0.158. The van der Waals surface area contributed by atoms with Crippen molar-refractivity contribution in [3.63, 3.8) is 0 Å². The second kappa shape index (κ2) is 8.57. The van der Waals surface area contributed by atoms with Crippen molar-refractivity contribution in [2.75, 3.05) is 18.4 Å². The highest BCUT2D eigenvalue weighted by Gasteiger charge is 2.31. The van der Waals surface area contributed by atoms with Crippen molar-refractivity contribution in [2.45, 2.75) is 6.54 Å². The van der Waals surface area contributed by atoms with Gasteiger partial charge in [-0.2, -0.15) is 0 Å². The second-order valence-electron chi connectivity index (χ2n) is 6.06. The topological polar surface area (TPSA) is 94.6 Å². The Kier molecular flexibility index (Phi) is 5.95. The third-order valence-electron chi connectivity index (χ3n) is 4.14. The molecule has 0 saturated carbocycles. The molecule has 0 atom stereocenters. The quantitative estimate of drug-likeness (QED) is 0.664. The molecule has 0 radical (unpaired) electrons. The summed E-state index contributed by atoms with van der Waals surface area (Å²) in [6, 6.07) is 10.6. The average molecular weight is 400 g/mol. The lowest BCUT2D eigenvalue weighted by Crippen LogP contribution is -2.46. The van der Waals surface area contributed by atoms with Gasteiger partial charge < -0.3 is 15.7 Å². The summed E-state index contributed by atoms with van der Waals surface area (Å²) in [5.74, 6) is -0.931. The zero-order chi connectivity index (χ0) is 20.1. The first kappa shape index (κ1) is 19.4. The highest BCUT2D eigenvalue weighted by molar-refractivity contribution is 7.81. The molecule has 0 bridgehead atoms. The lowest BCUT2D eigenvalue weighted by Gasteiger charge is -2.29. The number of Topliss-reactive ketones (excluding diaryl/α,β-unsaturated/α-hetero) is 1. The Labute approximate surface area is 165 Å². The van der Waals surface area contributed by atoms with Gasteiger partial charge in [0, 0.05) is 29.7 Å². The minimum Gasteiger partial charge on any atom is -0.465 e. The predicted octanol–water partition coefficient (Wildman–Crippen LogP) is 2.57. The molecule has 3 rings (SSSR count). The van der Waals surface area contributed by atoms with Crippen LogP contribution in [0.1, 0.15) is 5.56 Å². The van der Waals surface area contributed by atoms with Gasteiger partial charge in [0.25, 0.3) is 0 Å². The fourth-order valence-electron chi connectivity index (χ4n) is 2.75. The van der Waals surface area contributed by atoms with Crippen molar-refractivity contribution < 1.29 is 19.1 Å². The number of pyridine rings is 1. The summed E-state index contributed by atoms with van der Waals surface area (Å²) in [5, 5.41) is 15.2. The lowest BCUT2D eigenvalue weighted by atomic mass is 10.0. The molecule has 9 heteroatoms. The molecule has 0 aliphatic carbocycles. The number of halogens is 1. The molecule has 0 fully saturated rings. The van der Waals surface area contributed by atoms with Crippen LogP contribution in [0.5, 0.6) is 0 Å². The van der Waals surface area contributed by atoms with Crippen molar-refractivity contribution in [3.05, 3.63) is 71.4 Å². The minimum atomic E-state index is -1.22. The van der Waals surface area contributed by atoms with Crippen molar-refractivity contribution in [3.8, 4) is 0 Å². The summed E-state index contributed by atoms with van der Waals surface area (Å²) in [6.45, 7) is -0.294. The summed E-state index contributed by atoms with van der Waals surface area (Å²) in [6.07, 6.45) is 1.32. The summed E-state index contributed by atoms with van der Waals surface area (Å²) in [5.41, 5.74) is 1.56. The number of benzene rings is 1. The number of amides is 1. The van der Waals surface area contributed by atoms with Crippen molar-refractivity contribution in [1.82, 2.24) is 15.2 Å². The Morgan fingerprint density at radius 2 is 2.00 bits per heavy atom. The van der Waals surface area contributed by atoms with Gasteiger partial charge in [0.1, 0.15) is 10.8 Å². The molecule has 1 amide bonds. The first-order chi connectivity index (χ1) is 13.5. The van der Waals surface area contributed by atoms with Crippen LogP contribution in [0.4, 0.5) is 14.9 Å². The zero-order valence-corrected chi connectivity index (χ0v) is 15.5. The van der Waals surface area contributed by atoms with E-state index in [1.807, 2.05) is 18.2 Å². The summed E-state index contributed by atoms with van der Waals surface area (Å²) in [7, 11) is 0. The van der Waals surface area contributed by atoms with E-state index in [1.165, 1.54) is 12.3 Å². The predicted molar refractivity (Wildman–Crippen MR) is 105 cm³/mol. The Hall–Kier alpha value is -3.33. The van der Waals surface area contributed by atoms with E-state index in [1.54, 1.807) is 12.1 Å². The number of para-hydroxylation sites is 1. The first-order valence-electron chi connectivity index (χ1n) is 8.38. The number of carbonyl (C=O) groups is 2. The van der Waals surface area contributed by atoms with Crippen LogP contribution in [0.25, 0.3) is 0 Å². The maximum Gasteiger partial charge on any atom is 0.408 e. The van der Waals surface area contributed by atoms with Crippen LogP contribution in [0, 0.1) is 5.82 Å². The van der Waals surface area contributed by atoms with E-state index in [0.29, 0.717) is 16.9 Å². The molecule has 1 aliphatic rings. The van der Waals surface area contributed by atoms with Gasteiger partial charge in [-0.15, -0.1) is 0 Å². The van der Waals surface area contributed by atoms with Crippen LogP contribution in [0.2, 0.25) is 0 Å². The van der Waals surface area contributed by atoms with Crippen LogP contribution >= 0.6 is 12.2 Å². The number of aromatic nitrogens is 1. The SMILES string of the molecule is O=C1CN(C(=O)O)CC(NCc2ccncc2F)=C1C(=S)Nc1ccccc1. The Morgan fingerprint density at radius 1 is 1.25 bits per heavy atom. The highest BCUT2D eigenvalue weighted by Crippen LogP contribution is 2.18. The van der Waals surface area contributed by atoms with Gasteiger partial charge in [0.15, 0.2) is 5.78 Å². The molecular weight excluding hydrogens is 383 g/mol. The molecule has 0 spiro atoms. The number of rotatable bonds is 5. The van der Waals surface area contributed by atoms with Crippen LogP contribution in [-0.2, 0) is 11.3 Å². The average Bonchev–Trinajstić information content (AvgIpc) is 2.67. The molecule has 1 aliphatic heterocycles. The fourth-order valence-corrected chi connectivity index (χ4v) is 3.11. The largest absolute Gasteiger partial charge is 0.465 e. The molecular formula is C19H17FN4O3S. The normalized spacial score (nSPS) is 14.0. The molecule has 3 N–H and O–H groups in total. The standard InChI is InChI=1S/C19H17FN4O3S/c20-14-9-21-7-6-12(14)8-22-15-10-24(19(26)27)11-16(25)17(15)18(28)23-13-4-2-1-3-5-13/h1-7,9,22H,8,10-11H2,(H,23,28)(H,26,27). The van der Waals surface area contributed by atoms with Crippen LogP contribution < -0.4 is 10.6 Å². The second-order valence-corrected chi connectivity index (χ2v) is 6.46. The maximum atomic E-state index is 13.8. The number of anilines is 1. The first-order valence-corrected chi connectivity index (χ1v) is 8.79. The Morgan fingerprint density at radius 3 is 2.68 bits per heavy atom. The van der Waals surface area contributed by atoms with Crippen LogP contribution in [0.3, 0.4) is 0 Å². The van der Waals surface area contributed by atoms with E-state index in [0.717, 1.165) is 11.1 Å². The number of hydrogen-bond acceptors (Lipinski definition) is 5. The van der Waals surface area contributed by atoms with E-state index in [-0.39, 0.29) is 30.2 Å². The highest BCUT2D eigenvalue weighted by atomic mass is 32.1. The van der Waals surface area contributed by atoms with Gasteiger partial charge >= 0.3 is 6.09 Å². The third-order valence-corrected chi connectivity index (χ3v) is 4.45. The Bertz CT molecular complexity index is 949. The van der Waals surface area contributed by atoms with Crippen molar-refractivity contribution >= 4 is 34.8 Å². The monoisotopic (exact) mass is 400 g/mol. The third kappa shape index (κ3) is 4.49. The van der Waals surface area contributed by atoms with Crippen LogP contribution in [0.15, 0.2) is 60.1 Å². The summed E-state index contributed by atoms with van der Waals surface area (Å²) in [4.78, 5) is 28.8. The van der Waals surface area contributed by atoms with Gasteiger partial charge in [-0.05, 0) is 18.2 Å². The van der Waals surface area contributed by atoms with Gasteiger partial charge in [-0.25, -0.2) is 9.18 Å². The van der Waals surface area contributed by atoms with Gasteiger partial charge in [-0.3, -0.25) is 14.7 Å². The Balaban J connectivity index is 1.88. The van der Waals surface area contributed by atoms with E-state index in [2.05, 4.69) is 15.6 Å². The zero-order valence-electron chi connectivity index (χ0n) is 14.7. The number of carboxylic acid groups (broad SMARTS) is 1. The molecule has 0 saturated heterocycles. The molecule has 2 heterocycles. The molecule has 28 heavy (non-hydrogen) atoms. The molecule has 144 valence electrons. The van der Waals surface area contributed by atoms with Gasteiger partial charge in [0.2, 0.25) is 0 Å². The molecule has 0 unspecified atom stereocenters. The molecule has 1 aromatic carbocycles. The number of nitrogens with zero attached hydrogens (tertiary/aromatic N) is 2. The molecule has 7 nitrogen and oxygen atoms in total. The number of hydrogen-bond donors (Lipinski definition) is 3. The van der Waals surface area contributed by atoms with Gasteiger partial charge in [0.05, 0.1) is 24.9 Å². The molecule has 2 aromatic rings. The maximum absolute atomic E-state index is 13.8. The van der Waals surface area contributed by atoms with E-state index >= 15 is 0 Å². The smallest absolute Gasteiger partial charge is 0.408 e. The number of carbonyl (C=O) groups excluding carboxylic acids is 1. The van der Waals surface area contributed by atoms with E-state index < -0.39 is 17.7 Å². The van der Waals surface area contributed by atoms with Crippen LogP contribution in [-0.4, -0.2) is 44.9 Å². The van der Waals surface area contributed by atoms with Crippen molar-refractivity contribution in [1.29, 1.82) is 0 Å². The van der Waals surface area contributed by atoms with Crippen molar-refractivity contribution in [2.24, 2.45) is 0 Å². The number of nitrogens with one attached hydrogen (secondary N) is 2. The summed E-state index contributed by atoms with van der Waals surface area (Å²) >= 11 is 5.39.